The van der Waals surface area contributed by atoms with E-state index >= 15 is 0 Å². The first-order chi connectivity index (χ1) is 18.2. The number of nitrogens with zero attached hydrogens (tertiary/aromatic N) is 1. The molecule has 0 heterocycles. The normalized spacial score (nSPS) is 10.8. The number of carbonyl (C=O) groups is 2. The molecule has 0 saturated carbocycles. The zero-order valence-electron chi connectivity index (χ0n) is 20.4. The van der Waals surface area contributed by atoms with Crippen LogP contribution in [0.2, 0.25) is 0 Å². The molecule has 5 nitrogen and oxygen atoms in total. The molecule has 0 aliphatic rings. The van der Waals surface area contributed by atoms with Gasteiger partial charge in [-0.1, -0.05) is 78.9 Å². The fraction of sp³-hybridized carbons (Fsp3) is 0.125. The Hall–Kier alpha value is -4.64. The summed E-state index contributed by atoms with van der Waals surface area (Å²) in [6.45, 7) is 1.35. The average molecular weight is 490 g/mol. The lowest BCUT2D eigenvalue weighted by atomic mass is 10.1. The topological polar surface area (TPSA) is 55.8 Å². The molecule has 0 atom stereocenters. The molecule has 0 amide bonds. The smallest absolute Gasteiger partial charge is 0.338 e. The van der Waals surface area contributed by atoms with E-state index in [-0.39, 0.29) is 25.2 Å². The van der Waals surface area contributed by atoms with Crippen molar-refractivity contribution in [2.24, 2.45) is 0 Å². The molecular formula is C32H27NO4. The molecule has 0 radical (unpaired) electrons. The van der Waals surface area contributed by atoms with Gasteiger partial charge in [-0.05, 0) is 57.9 Å². The molecule has 184 valence electrons. The summed E-state index contributed by atoms with van der Waals surface area (Å²) in [7, 11) is 0. The van der Waals surface area contributed by atoms with Gasteiger partial charge in [0.2, 0.25) is 0 Å². The summed E-state index contributed by atoms with van der Waals surface area (Å²) in [4.78, 5) is 27.3. The predicted molar refractivity (Wildman–Crippen MR) is 147 cm³/mol. The number of hydrogen-bond donors (Lipinski definition) is 0. The third-order valence-electron chi connectivity index (χ3n) is 6.28. The Bertz CT molecular complexity index is 1430. The summed E-state index contributed by atoms with van der Waals surface area (Å²) in [5.74, 6) is -0.719. The van der Waals surface area contributed by atoms with Crippen molar-refractivity contribution in [3.63, 3.8) is 0 Å². The van der Waals surface area contributed by atoms with E-state index in [1.165, 1.54) is 0 Å². The Morgan fingerprint density at radius 1 is 0.514 bits per heavy atom. The van der Waals surface area contributed by atoms with Crippen LogP contribution in [-0.4, -0.2) is 38.2 Å². The highest BCUT2D eigenvalue weighted by Crippen LogP contribution is 2.18. The van der Waals surface area contributed by atoms with Crippen molar-refractivity contribution < 1.29 is 19.1 Å². The first kappa shape index (κ1) is 24.1. The van der Waals surface area contributed by atoms with E-state index in [1.807, 2.05) is 108 Å². The highest BCUT2D eigenvalue weighted by molar-refractivity contribution is 5.96. The van der Waals surface area contributed by atoms with E-state index in [1.54, 1.807) is 12.1 Å². The van der Waals surface area contributed by atoms with Crippen molar-refractivity contribution in [3.8, 4) is 0 Å². The minimum absolute atomic E-state index is 0.208. The van der Waals surface area contributed by atoms with Crippen molar-refractivity contribution in [1.29, 1.82) is 0 Å². The van der Waals surface area contributed by atoms with E-state index in [0.717, 1.165) is 27.2 Å². The number of anilines is 1. The maximum absolute atomic E-state index is 12.6. The van der Waals surface area contributed by atoms with Gasteiger partial charge in [0.05, 0.1) is 24.2 Å². The van der Waals surface area contributed by atoms with Crippen molar-refractivity contribution in [3.05, 3.63) is 126 Å². The van der Waals surface area contributed by atoms with Crippen LogP contribution in [0.1, 0.15) is 20.7 Å². The molecule has 0 aliphatic heterocycles. The third kappa shape index (κ3) is 5.96. The molecule has 0 fully saturated rings. The van der Waals surface area contributed by atoms with Gasteiger partial charge in [0.25, 0.3) is 0 Å². The second-order valence-electron chi connectivity index (χ2n) is 8.72. The van der Waals surface area contributed by atoms with E-state index in [9.17, 15) is 9.59 Å². The van der Waals surface area contributed by atoms with Crippen LogP contribution in [0.4, 0.5) is 5.69 Å². The number of esters is 2. The Balaban J connectivity index is 1.18. The SMILES string of the molecule is O=C(OCCN(CCOC(=O)c1ccc2ccccc2c1)c1ccccc1)c1ccc2ccccc2c1. The fourth-order valence-electron chi connectivity index (χ4n) is 4.31. The second kappa shape index (κ2) is 11.4. The van der Waals surface area contributed by atoms with Crippen LogP contribution in [0.5, 0.6) is 0 Å². The number of carbonyl (C=O) groups excluding carboxylic acids is 2. The van der Waals surface area contributed by atoms with Gasteiger partial charge in [-0.25, -0.2) is 9.59 Å². The van der Waals surface area contributed by atoms with Crippen molar-refractivity contribution >= 4 is 39.2 Å². The Labute approximate surface area is 215 Å². The minimum Gasteiger partial charge on any atom is -0.460 e. The lowest BCUT2D eigenvalue weighted by molar-refractivity contribution is 0.0504. The molecule has 0 bridgehead atoms. The number of benzene rings is 5. The van der Waals surface area contributed by atoms with E-state index < -0.39 is 0 Å². The summed E-state index contributed by atoms with van der Waals surface area (Å²) in [5.41, 5.74) is 2.01. The van der Waals surface area contributed by atoms with Crippen LogP contribution >= 0.6 is 0 Å². The zero-order chi connectivity index (χ0) is 25.5. The molecule has 0 saturated heterocycles. The zero-order valence-corrected chi connectivity index (χ0v) is 20.4. The van der Waals surface area contributed by atoms with Crippen LogP contribution in [0.25, 0.3) is 21.5 Å². The van der Waals surface area contributed by atoms with Crippen LogP contribution in [-0.2, 0) is 9.47 Å². The Morgan fingerprint density at radius 3 is 1.43 bits per heavy atom. The lowest BCUT2D eigenvalue weighted by Gasteiger charge is -2.24. The first-order valence-electron chi connectivity index (χ1n) is 12.3. The number of rotatable bonds is 9. The quantitative estimate of drug-likeness (QED) is 0.221. The highest BCUT2D eigenvalue weighted by Gasteiger charge is 2.13. The van der Waals surface area contributed by atoms with E-state index in [4.69, 9.17) is 9.47 Å². The van der Waals surface area contributed by atoms with Gasteiger partial charge in [0.1, 0.15) is 13.2 Å². The summed E-state index contributed by atoms with van der Waals surface area (Å²) in [6.07, 6.45) is 0. The number of para-hydroxylation sites is 1. The summed E-state index contributed by atoms with van der Waals surface area (Å²) < 4.78 is 11.2. The fourth-order valence-corrected chi connectivity index (χ4v) is 4.31. The molecule has 5 aromatic carbocycles. The van der Waals surface area contributed by atoms with Crippen LogP contribution in [0.3, 0.4) is 0 Å². The van der Waals surface area contributed by atoms with E-state index in [2.05, 4.69) is 0 Å². The highest BCUT2D eigenvalue weighted by atomic mass is 16.5. The molecule has 0 N–H and O–H groups in total. The van der Waals surface area contributed by atoms with E-state index in [0.29, 0.717) is 24.2 Å². The minimum atomic E-state index is -0.360. The van der Waals surface area contributed by atoms with Crippen LogP contribution < -0.4 is 4.90 Å². The molecule has 5 heteroatoms. The van der Waals surface area contributed by atoms with Gasteiger partial charge in [-0.15, -0.1) is 0 Å². The second-order valence-corrected chi connectivity index (χ2v) is 8.72. The number of fused-ring (bicyclic) bond motifs is 2. The number of ether oxygens (including phenoxy) is 2. The molecule has 5 rings (SSSR count). The van der Waals surface area contributed by atoms with Crippen LogP contribution in [0, 0.1) is 0 Å². The Morgan fingerprint density at radius 2 is 0.946 bits per heavy atom. The Kier molecular flexibility index (Phi) is 7.42. The standard InChI is InChI=1S/C32H27NO4/c34-31(28-16-14-24-8-4-6-10-26(24)22-28)36-20-18-33(30-12-2-1-3-13-30)19-21-37-32(35)29-17-15-25-9-5-7-11-27(25)23-29/h1-17,22-23H,18-21H2. The molecule has 0 aromatic heterocycles. The molecule has 0 unspecified atom stereocenters. The molecule has 0 spiro atoms. The monoisotopic (exact) mass is 489 g/mol. The van der Waals surface area contributed by atoms with Gasteiger partial charge in [-0.2, -0.15) is 0 Å². The molecular weight excluding hydrogens is 462 g/mol. The van der Waals surface area contributed by atoms with Gasteiger partial charge >= 0.3 is 11.9 Å². The van der Waals surface area contributed by atoms with Crippen molar-refractivity contribution in [2.45, 2.75) is 0 Å². The van der Waals surface area contributed by atoms with Crippen LogP contribution in [0.15, 0.2) is 115 Å². The van der Waals surface area contributed by atoms with Crippen molar-refractivity contribution in [1.82, 2.24) is 0 Å². The lowest BCUT2D eigenvalue weighted by Crippen LogP contribution is -2.32. The number of hydrogen-bond acceptors (Lipinski definition) is 5. The molecule has 5 aromatic rings. The van der Waals surface area contributed by atoms with Gasteiger partial charge in [0, 0.05) is 5.69 Å². The maximum atomic E-state index is 12.6. The largest absolute Gasteiger partial charge is 0.460 e. The third-order valence-corrected chi connectivity index (χ3v) is 6.28. The summed E-state index contributed by atoms with van der Waals surface area (Å²) in [6, 6.07) is 36.7. The van der Waals surface area contributed by atoms with Gasteiger partial charge in [-0.3, -0.25) is 0 Å². The maximum Gasteiger partial charge on any atom is 0.338 e. The van der Waals surface area contributed by atoms with Crippen molar-refractivity contribution in [2.75, 3.05) is 31.2 Å². The van der Waals surface area contributed by atoms with Gasteiger partial charge in [0.15, 0.2) is 0 Å². The predicted octanol–water partition coefficient (Wildman–Crippen LogP) is 6.51. The first-order valence-corrected chi connectivity index (χ1v) is 12.3. The molecule has 37 heavy (non-hydrogen) atoms. The summed E-state index contributed by atoms with van der Waals surface area (Å²) in [5, 5.41) is 4.15. The summed E-state index contributed by atoms with van der Waals surface area (Å²) >= 11 is 0. The van der Waals surface area contributed by atoms with Gasteiger partial charge < -0.3 is 14.4 Å². The average Bonchev–Trinajstić information content (AvgIpc) is 2.96. The molecule has 0 aliphatic carbocycles.